The smallest absolute Gasteiger partial charge is 0.237 e. The Bertz CT molecular complexity index is 516. The topological polar surface area (TPSA) is 55.8 Å². The van der Waals surface area contributed by atoms with E-state index >= 15 is 0 Å². The highest BCUT2D eigenvalue weighted by Crippen LogP contribution is 2.18. The first kappa shape index (κ1) is 18.7. The van der Waals surface area contributed by atoms with Crippen molar-refractivity contribution in [2.75, 3.05) is 37.7 Å². The van der Waals surface area contributed by atoms with Gasteiger partial charge in [-0.05, 0) is 44.0 Å². The number of halogens is 1. The molecule has 2 N–H and O–H groups in total. The van der Waals surface area contributed by atoms with Gasteiger partial charge in [0.05, 0.1) is 6.04 Å². The van der Waals surface area contributed by atoms with Crippen molar-refractivity contribution >= 4 is 11.6 Å². The molecule has 0 spiro atoms. The SMILES string of the molecule is CCC(CCO)NC(=O)C(C)N1CCN(c2ccc(F)cc2)CC1. The number of amides is 1. The van der Waals surface area contributed by atoms with Gasteiger partial charge in [-0.1, -0.05) is 6.92 Å². The molecule has 5 nitrogen and oxygen atoms in total. The Hall–Kier alpha value is -1.66. The number of benzene rings is 1. The molecule has 1 aromatic carbocycles. The summed E-state index contributed by atoms with van der Waals surface area (Å²) in [5, 5.41) is 12.0. The van der Waals surface area contributed by atoms with Crippen LogP contribution in [0.3, 0.4) is 0 Å². The van der Waals surface area contributed by atoms with Crippen molar-refractivity contribution in [3.63, 3.8) is 0 Å². The van der Waals surface area contributed by atoms with E-state index in [2.05, 4.69) is 15.1 Å². The lowest BCUT2D eigenvalue weighted by atomic mass is 10.1. The van der Waals surface area contributed by atoms with Crippen molar-refractivity contribution in [1.29, 1.82) is 0 Å². The average Bonchev–Trinajstić information content (AvgIpc) is 2.61. The molecule has 1 aliphatic rings. The summed E-state index contributed by atoms with van der Waals surface area (Å²) in [6.07, 6.45) is 1.41. The minimum absolute atomic E-state index is 0.0190. The minimum atomic E-state index is -0.226. The number of nitrogens with zero attached hydrogens (tertiary/aromatic N) is 2. The molecule has 134 valence electrons. The fraction of sp³-hybridized carbons (Fsp3) is 0.611. The quantitative estimate of drug-likeness (QED) is 0.794. The van der Waals surface area contributed by atoms with E-state index < -0.39 is 0 Å². The maximum Gasteiger partial charge on any atom is 0.237 e. The van der Waals surface area contributed by atoms with E-state index in [0.29, 0.717) is 6.42 Å². The van der Waals surface area contributed by atoms with E-state index in [4.69, 9.17) is 5.11 Å². The van der Waals surface area contributed by atoms with Crippen molar-refractivity contribution in [3.8, 4) is 0 Å². The third-order valence-electron chi connectivity index (χ3n) is 4.75. The molecule has 6 heteroatoms. The summed E-state index contributed by atoms with van der Waals surface area (Å²) in [6, 6.07) is 6.38. The van der Waals surface area contributed by atoms with Crippen LogP contribution < -0.4 is 10.2 Å². The fourth-order valence-corrected chi connectivity index (χ4v) is 3.04. The van der Waals surface area contributed by atoms with Gasteiger partial charge in [0.15, 0.2) is 0 Å². The summed E-state index contributed by atoms with van der Waals surface area (Å²) in [5.74, 6) is -0.207. The minimum Gasteiger partial charge on any atom is -0.396 e. The van der Waals surface area contributed by atoms with Crippen molar-refractivity contribution in [3.05, 3.63) is 30.1 Å². The van der Waals surface area contributed by atoms with Crippen LogP contribution in [0.15, 0.2) is 24.3 Å². The fourth-order valence-electron chi connectivity index (χ4n) is 3.04. The molecule has 1 aliphatic heterocycles. The van der Waals surface area contributed by atoms with Crippen LogP contribution in [0.4, 0.5) is 10.1 Å². The predicted molar refractivity (Wildman–Crippen MR) is 93.6 cm³/mol. The largest absolute Gasteiger partial charge is 0.396 e. The lowest BCUT2D eigenvalue weighted by Gasteiger charge is -2.38. The summed E-state index contributed by atoms with van der Waals surface area (Å²) in [6.45, 7) is 7.24. The molecule has 1 saturated heterocycles. The average molecular weight is 337 g/mol. The molecule has 1 heterocycles. The number of anilines is 1. The third kappa shape index (κ3) is 4.92. The van der Waals surface area contributed by atoms with E-state index in [1.54, 1.807) is 12.1 Å². The van der Waals surface area contributed by atoms with E-state index in [1.807, 2.05) is 13.8 Å². The van der Waals surface area contributed by atoms with Crippen LogP contribution in [-0.2, 0) is 4.79 Å². The Morgan fingerprint density at radius 3 is 2.42 bits per heavy atom. The predicted octanol–water partition coefficient (Wildman–Crippen LogP) is 1.61. The number of hydrogen-bond donors (Lipinski definition) is 2. The Morgan fingerprint density at radius 1 is 1.25 bits per heavy atom. The lowest BCUT2D eigenvalue weighted by Crippen LogP contribution is -2.55. The zero-order valence-corrected chi connectivity index (χ0v) is 14.5. The molecule has 0 bridgehead atoms. The molecule has 0 saturated carbocycles. The maximum atomic E-state index is 13.0. The molecule has 2 rings (SSSR count). The van der Waals surface area contributed by atoms with Gasteiger partial charge in [0.25, 0.3) is 0 Å². The molecule has 2 unspecified atom stereocenters. The highest BCUT2D eigenvalue weighted by molar-refractivity contribution is 5.81. The van der Waals surface area contributed by atoms with Gasteiger partial charge in [-0.15, -0.1) is 0 Å². The molecule has 1 amide bonds. The number of piperazine rings is 1. The Labute approximate surface area is 143 Å². The van der Waals surface area contributed by atoms with Crippen LogP contribution in [0.1, 0.15) is 26.7 Å². The summed E-state index contributed by atoms with van der Waals surface area (Å²) in [5.41, 5.74) is 1.02. The van der Waals surface area contributed by atoms with Crippen LogP contribution in [-0.4, -0.2) is 60.8 Å². The van der Waals surface area contributed by atoms with Crippen molar-refractivity contribution in [2.24, 2.45) is 0 Å². The molecule has 24 heavy (non-hydrogen) atoms. The van der Waals surface area contributed by atoms with Crippen LogP contribution in [0.5, 0.6) is 0 Å². The summed E-state index contributed by atoms with van der Waals surface area (Å²) < 4.78 is 13.0. The number of nitrogens with one attached hydrogen (secondary N) is 1. The number of carbonyl (C=O) groups is 1. The molecule has 0 aromatic heterocycles. The first-order chi connectivity index (χ1) is 11.5. The van der Waals surface area contributed by atoms with E-state index in [9.17, 15) is 9.18 Å². The Morgan fingerprint density at radius 2 is 1.88 bits per heavy atom. The lowest BCUT2D eigenvalue weighted by molar-refractivity contribution is -0.126. The van der Waals surface area contributed by atoms with Gasteiger partial charge in [0, 0.05) is 44.5 Å². The van der Waals surface area contributed by atoms with Crippen LogP contribution in [0.25, 0.3) is 0 Å². The first-order valence-electron chi connectivity index (χ1n) is 8.71. The summed E-state index contributed by atoms with van der Waals surface area (Å²) in [7, 11) is 0. The molecule has 1 aromatic rings. The summed E-state index contributed by atoms with van der Waals surface area (Å²) in [4.78, 5) is 16.8. The Balaban J connectivity index is 1.84. The standard InChI is InChI=1S/C18H28FN3O2/c1-3-16(8-13-23)20-18(24)14(2)21-9-11-22(12-10-21)17-6-4-15(19)5-7-17/h4-7,14,16,23H,3,8-13H2,1-2H3,(H,20,24). The number of rotatable bonds is 7. The van der Waals surface area contributed by atoms with Crippen LogP contribution in [0.2, 0.25) is 0 Å². The number of hydrogen-bond acceptors (Lipinski definition) is 4. The molecular formula is C18H28FN3O2. The van der Waals surface area contributed by atoms with Crippen molar-refractivity contribution in [1.82, 2.24) is 10.2 Å². The maximum absolute atomic E-state index is 13.0. The second kappa shape index (κ2) is 8.99. The van der Waals surface area contributed by atoms with E-state index in [0.717, 1.165) is 38.3 Å². The van der Waals surface area contributed by atoms with Crippen molar-refractivity contribution < 1.29 is 14.3 Å². The molecule has 1 fully saturated rings. The van der Waals surface area contributed by atoms with Gasteiger partial charge in [-0.2, -0.15) is 0 Å². The third-order valence-corrected chi connectivity index (χ3v) is 4.75. The van der Waals surface area contributed by atoms with Crippen molar-refractivity contribution in [2.45, 2.75) is 38.8 Å². The van der Waals surface area contributed by atoms with E-state index in [-0.39, 0.29) is 30.4 Å². The second-order valence-electron chi connectivity index (χ2n) is 6.30. The van der Waals surface area contributed by atoms with Crippen LogP contribution in [0, 0.1) is 5.82 Å². The number of aliphatic hydroxyl groups is 1. The normalized spacial score (nSPS) is 18.2. The van der Waals surface area contributed by atoms with Gasteiger partial charge in [0.1, 0.15) is 5.82 Å². The van der Waals surface area contributed by atoms with Gasteiger partial charge >= 0.3 is 0 Å². The second-order valence-corrected chi connectivity index (χ2v) is 6.30. The molecule has 2 atom stereocenters. The monoisotopic (exact) mass is 337 g/mol. The molecule has 0 radical (unpaired) electrons. The summed E-state index contributed by atoms with van der Waals surface area (Å²) >= 11 is 0. The van der Waals surface area contributed by atoms with Gasteiger partial charge < -0.3 is 15.3 Å². The number of carbonyl (C=O) groups excluding carboxylic acids is 1. The van der Waals surface area contributed by atoms with E-state index in [1.165, 1.54) is 12.1 Å². The molecular weight excluding hydrogens is 309 g/mol. The van der Waals surface area contributed by atoms with Gasteiger partial charge in [-0.25, -0.2) is 4.39 Å². The van der Waals surface area contributed by atoms with Gasteiger partial charge in [-0.3, -0.25) is 9.69 Å². The Kier molecular flexibility index (Phi) is 6.99. The zero-order chi connectivity index (χ0) is 17.5. The van der Waals surface area contributed by atoms with Crippen LogP contribution >= 0.6 is 0 Å². The number of aliphatic hydroxyl groups excluding tert-OH is 1. The zero-order valence-electron chi connectivity index (χ0n) is 14.5. The van der Waals surface area contributed by atoms with Gasteiger partial charge in [0.2, 0.25) is 5.91 Å². The highest BCUT2D eigenvalue weighted by Gasteiger charge is 2.26. The highest BCUT2D eigenvalue weighted by atomic mass is 19.1. The molecule has 0 aliphatic carbocycles. The first-order valence-corrected chi connectivity index (χ1v) is 8.71.